The van der Waals surface area contributed by atoms with Gasteiger partial charge in [-0.25, -0.2) is 9.59 Å². The van der Waals surface area contributed by atoms with Gasteiger partial charge >= 0.3 is 11.9 Å². The predicted octanol–water partition coefficient (Wildman–Crippen LogP) is 4.04. The molecule has 5 nitrogen and oxygen atoms in total. The van der Waals surface area contributed by atoms with Crippen LogP contribution in [-0.4, -0.2) is 19.0 Å². The SMILES string of the molecule is COC(=O)/C(C#N)=C/c1cccc(OC(=O)/C=C/c2ccc(Cl)cc2)c1. The first-order valence-corrected chi connectivity index (χ1v) is 7.85. The molecule has 0 bridgehead atoms. The molecular formula is C20H14ClNO4. The van der Waals surface area contributed by atoms with Gasteiger partial charge in [0.05, 0.1) is 7.11 Å². The van der Waals surface area contributed by atoms with Crippen molar-refractivity contribution in [2.45, 2.75) is 0 Å². The van der Waals surface area contributed by atoms with Crippen molar-refractivity contribution in [2.75, 3.05) is 7.11 Å². The third kappa shape index (κ3) is 5.62. The minimum Gasteiger partial charge on any atom is -0.465 e. The quantitative estimate of drug-likeness (QED) is 0.345. The van der Waals surface area contributed by atoms with Crippen LogP contribution in [0.2, 0.25) is 5.02 Å². The summed E-state index contributed by atoms with van der Waals surface area (Å²) in [6.45, 7) is 0. The summed E-state index contributed by atoms with van der Waals surface area (Å²) in [6.07, 6.45) is 4.25. The number of benzene rings is 2. The topological polar surface area (TPSA) is 76.4 Å². The monoisotopic (exact) mass is 367 g/mol. The minimum atomic E-state index is -0.735. The second-order valence-electron chi connectivity index (χ2n) is 5.04. The maximum Gasteiger partial charge on any atom is 0.348 e. The summed E-state index contributed by atoms with van der Waals surface area (Å²) in [7, 11) is 1.19. The molecule has 2 rings (SSSR count). The van der Waals surface area contributed by atoms with Gasteiger partial charge in [0.25, 0.3) is 0 Å². The number of carbonyl (C=O) groups excluding carboxylic acids is 2. The van der Waals surface area contributed by atoms with Crippen molar-refractivity contribution in [1.29, 1.82) is 5.26 Å². The fourth-order valence-corrected chi connectivity index (χ4v) is 2.10. The van der Waals surface area contributed by atoms with Crippen molar-refractivity contribution >= 4 is 35.7 Å². The maximum atomic E-state index is 11.9. The molecule has 2 aromatic carbocycles. The van der Waals surface area contributed by atoms with Crippen LogP contribution in [0.1, 0.15) is 11.1 Å². The molecule has 0 fully saturated rings. The molecule has 0 saturated heterocycles. The van der Waals surface area contributed by atoms with Crippen LogP contribution in [0.3, 0.4) is 0 Å². The van der Waals surface area contributed by atoms with E-state index in [1.54, 1.807) is 54.6 Å². The smallest absolute Gasteiger partial charge is 0.348 e. The van der Waals surface area contributed by atoms with Crippen LogP contribution in [0.5, 0.6) is 5.75 Å². The van der Waals surface area contributed by atoms with Crippen molar-refractivity contribution in [3.63, 3.8) is 0 Å². The highest BCUT2D eigenvalue weighted by molar-refractivity contribution is 6.30. The Kier molecular flexibility index (Phi) is 6.72. The van der Waals surface area contributed by atoms with Crippen molar-refractivity contribution < 1.29 is 19.1 Å². The lowest BCUT2D eigenvalue weighted by atomic mass is 10.1. The maximum absolute atomic E-state index is 11.9. The van der Waals surface area contributed by atoms with E-state index in [9.17, 15) is 9.59 Å². The summed E-state index contributed by atoms with van der Waals surface area (Å²) in [4.78, 5) is 23.4. The first-order valence-electron chi connectivity index (χ1n) is 7.47. The fraction of sp³-hybridized carbons (Fsp3) is 0.0500. The van der Waals surface area contributed by atoms with E-state index in [1.807, 2.05) is 0 Å². The highest BCUT2D eigenvalue weighted by Gasteiger charge is 2.09. The van der Waals surface area contributed by atoms with Crippen LogP contribution in [0.25, 0.3) is 12.2 Å². The standard InChI is InChI=1S/C20H14ClNO4/c1-25-20(24)16(13-22)11-15-3-2-4-18(12-15)26-19(23)10-7-14-5-8-17(21)9-6-14/h2-12H,1H3/b10-7+,16-11+. The van der Waals surface area contributed by atoms with Gasteiger partial charge in [0.15, 0.2) is 0 Å². The van der Waals surface area contributed by atoms with Crippen molar-refractivity contribution in [1.82, 2.24) is 0 Å². The molecule has 0 radical (unpaired) electrons. The van der Waals surface area contributed by atoms with Gasteiger partial charge in [0.2, 0.25) is 0 Å². The van der Waals surface area contributed by atoms with Gasteiger partial charge in [-0.15, -0.1) is 0 Å². The number of rotatable bonds is 5. The van der Waals surface area contributed by atoms with Gasteiger partial charge < -0.3 is 9.47 Å². The molecular weight excluding hydrogens is 354 g/mol. The average molecular weight is 368 g/mol. The van der Waals surface area contributed by atoms with E-state index in [-0.39, 0.29) is 11.3 Å². The Morgan fingerprint density at radius 2 is 1.85 bits per heavy atom. The van der Waals surface area contributed by atoms with Gasteiger partial charge in [-0.05, 0) is 47.5 Å². The highest BCUT2D eigenvalue weighted by atomic mass is 35.5. The third-order valence-electron chi connectivity index (χ3n) is 3.20. The van der Waals surface area contributed by atoms with E-state index in [1.165, 1.54) is 25.3 Å². The van der Waals surface area contributed by atoms with Crippen LogP contribution >= 0.6 is 11.6 Å². The molecule has 0 N–H and O–H groups in total. The Morgan fingerprint density at radius 3 is 2.50 bits per heavy atom. The van der Waals surface area contributed by atoms with Crippen molar-refractivity contribution in [3.8, 4) is 11.8 Å². The summed E-state index contributed by atoms with van der Waals surface area (Å²) >= 11 is 5.80. The Labute approximate surface area is 155 Å². The van der Waals surface area contributed by atoms with Gasteiger partial charge in [-0.1, -0.05) is 35.9 Å². The van der Waals surface area contributed by atoms with Gasteiger partial charge in [-0.3, -0.25) is 0 Å². The Balaban J connectivity index is 2.09. The van der Waals surface area contributed by atoms with E-state index in [0.717, 1.165) is 5.56 Å². The Bertz CT molecular complexity index is 908. The molecule has 6 heteroatoms. The summed E-state index contributed by atoms with van der Waals surface area (Å²) in [5, 5.41) is 9.59. The molecule has 0 aliphatic carbocycles. The number of hydrogen-bond acceptors (Lipinski definition) is 5. The zero-order valence-electron chi connectivity index (χ0n) is 13.8. The van der Waals surface area contributed by atoms with Crippen LogP contribution < -0.4 is 4.74 Å². The van der Waals surface area contributed by atoms with E-state index in [2.05, 4.69) is 4.74 Å². The first-order chi connectivity index (χ1) is 12.5. The molecule has 2 aromatic rings. The second-order valence-corrected chi connectivity index (χ2v) is 5.48. The van der Waals surface area contributed by atoms with Gasteiger partial charge in [-0.2, -0.15) is 5.26 Å². The number of methoxy groups -OCH3 is 1. The highest BCUT2D eigenvalue weighted by Crippen LogP contribution is 2.17. The molecule has 0 aromatic heterocycles. The minimum absolute atomic E-state index is 0.154. The molecule has 0 atom stereocenters. The Morgan fingerprint density at radius 1 is 1.12 bits per heavy atom. The number of hydrogen-bond donors (Lipinski definition) is 0. The normalized spacial score (nSPS) is 11.0. The van der Waals surface area contributed by atoms with Crippen LogP contribution in [-0.2, 0) is 14.3 Å². The summed E-state index contributed by atoms with van der Waals surface area (Å²) in [5.74, 6) is -1.01. The van der Waals surface area contributed by atoms with Crippen LogP contribution in [0, 0.1) is 11.3 Å². The lowest BCUT2D eigenvalue weighted by Crippen LogP contribution is -2.04. The number of ether oxygens (including phenoxy) is 2. The van der Waals surface area contributed by atoms with E-state index >= 15 is 0 Å². The van der Waals surface area contributed by atoms with Crippen LogP contribution in [0.4, 0.5) is 0 Å². The van der Waals surface area contributed by atoms with Crippen LogP contribution in [0.15, 0.2) is 60.2 Å². The van der Waals surface area contributed by atoms with E-state index in [4.69, 9.17) is 21.6 Å². The zero-order valence-corrected chi connectivity index (χ0v) is 14.6. The number of nitriles is 1. The van der Waals surface area contributed by atoms with Gasteiger partial charge in [0, 0.05) is 11.1 Å². The molecule has 26 heavy (non-hydrogen) atoms. The fourth-order valence-electron chi connectivity index (χ4n) is 1.97. The van der Waals surface area contributed by atoms with Gasteiger partial charge in [0.1, 0.15) is 17.4 Å². The van der Waals surface area contributed by atoms with Crippen molar-refractivity contribution in [3.05, 3.63) is 76.3 Å². The summed E-state index contributed by atoms with van der Waals surface area (Å²) < 4.78 is 9.74. The number of halogens is 1. The molecule has 0 aliphatic rings. The molecule has 130 valence electrons. The largest absolute Gasteiger partial charge is 0.465 e. The summed E-state index contributed by atoms with van der Waals surface area (Å²) in [5.41, 5.74) is 1.18. The number of carbonyl (C=O) groups is 2. The number of esters is 2. The molecule has 0 spiro atoms. The average Bonchev–Trinajstić information content (AvgIpc) is 2.65. The zero-order chi connectivity index (χ0) is 18.9. The molecule has 0 heterocycles. The molecule has 0 amide bonds. The van der Waals surface area contributed by atoms with E-state index in [0.29, 0.717) is 10.6 Å². The summed E-state index contributed by atoms with van der Waals surface area (Å²) in [6, 6.07) is 15.2. The lowest BCUT2D eigenvalue weighted by molar-refractivity contribution is -0.135. The Hall–Kier alpha value is -3.36. The van der Waals surface area contributed by atoms with E-state index < -0.39 is 11.9 Å². The molecule has 0 saturated carbocycles. The predicted molar refractivity (Wildman–Crippen MR) is 98.2 cm³/mol. The number of nitrogens with zero attached hydrogens (tertiary/aromatic N) is 1. The first kappa shape index (κ1) is 19.0. The third-order valence-corrected chi connectivity index (χ3v) is 3.45. The van der Waals surface area contributed by atoms with Crippen molar-refractivity contribution in [2.24, 2.45) is 0 Å². The lowest BCUT2D eigenvalue weighted by Gasteiger charge is -2.03. The molecule has 0 aliphatic heterocycles. The second kappa shape index (κ2) is 9.21. The molecule has 0 unspecified atom stereocenters.